The van der Waals surface area contributed by atoms with Crippen LogP contribution in [-0.4, -0.2) is 21.0 Å². The predicted molar refractivity (Wildman–Crippen MR) is 117 cm³/mol. The highest BCUT2D eigenvalue weighted by molar-refractivity contribution is 5.95. The van der Waals surface area contributed by atoms with Gasteiger partial charge in [0.05, 0.1) is 11.8 Å². The molecule has 0 aliphatic heterocycles. The number of furan rings is 1. The minimum absolute atomic E-state index is 0.267. The van der Waals surface area contributed by atoms with Crippen molar-refractivity contribution < 1.29 is 14.3 Å². The van der Waals surface area contributed by atoms with Crippen LogP contribution in [0.1, 0.15) is 28.5 Å². The Morgan fingerprint density at radius 2 is 1.97 bits per heavy atom. The number of nitrogens with one attached hydrogen (secondary N) is 1. The lowest BCUT2D eigenvalue weighted by atomic mass is 10.1. The van der Waals surface area contributed by atoms with Gasteiger partial charge in [-0.25, -0.2) is 14.8 Å². The number of benzene rings is 2. The van der Waals surface area contributed by atoms with Gasteiger partial charge in [-0.2, -0.15) is 0 Å². The van der Waals surface area contributed by atoms with Gasteiger partial charge in [0.25, 0.3) is 0 Å². The largest absolute Gasteiger partial charge is 0.478 e. The predicted octanol–water partition coefficient (Wildman–Crippen LogP) is 5.62. The zero-order valence-electron chi connectivity index (χ0n) is 16.6. The maximum absolute atomic E-state index is 11.2. The molecule has 6 nitrogen and oxygen atoms in total. The lowest BCUT2D eigenvalue weighted by Gasteiger charge is -2.15. The summed E-state index contributed by atoms with van der Waals surface area (Å²) < 4.78 is 5.49. The Kier molecular flexibility index (Phi) is 5.30. The Balaban J connectivity index is 1.77. The highest BCUT2D eigenvalue weighted by atomic mass is 16.4. The molecule has 2 aromatic heterocycles. The number of allylic oxidation sites excluding steroid dienone is 1. The third-order valence-electron chi connectivity index (χ3n) is 4.87. The number of aryl methyl sites for hydroxylation is 1. The van der Waals surface area contributed by atoms with Crippen molar-refractivity contribution in [3.05, 3.63) is 84.3 Å². The maximum Gasteiger partial charge on any atom is 0.335 e. The number of carbonyl (C=O) groups is 1. The summed E-state index contributed by atoms with van der Waals surface area (Å²) in [7, 11) is 0. The van der Waals surface area contributed by atoms with Crippen LogP contribution in [0.3, 0.4) is 0 Å². The van der Waals surface area contributed by atoms with Crippen LogP contribution >= 0.6 is 0 Å². The highest BCUT2D eigenvalue weighted by Crippen LogP contribution is 2.28. The molecule has 0 radical (unpaired) electrons. The van der Waals surface area contributed by atoms with Gasteiger partial charge in [-0.1, -0.05) is 25.1 Å². The van der Waals surface area contributed by atoms with Crippen molar-refractivity contribution in [2.45, 2.75) is 19.8 Å². The van der Waals surface area contributed by atoms with Gasteiger partial charge in [0, 0.05) is 16.9 Å². The van der Waals surface area contributed by atoms with Crippen LogP contribution in [0.15, 0.2) is 71.9 Å². The molecule has 6 heteroatoms. The van der Waals surface area contributed by atoms with Crippen LogP contribution in [0.4, 0.5) is 11.5 Å². The van der Waals surface area contributed by atoms with E-state index in [1.54, 1.807) is 24.5 Å². The molecule has 0 amide bonds. The van der Waals surface area contributed by atoms with Crippen molar-refractivity contribution >= 4 is 28.2 Å². The second-order valence-corrected chi connectivity index (χ2v) is 6.85. The summed E-state index contributed by atoms with van der Waals surface area (Å²) in [5.74, 6) is 0.901. The van der Waals surface area contributed by atoms with E-state index in [0.717, 1.165) is 34.1 Å². The fourth-order valence-electron chi connectivity index (χ4n) is 3.39. The molecular weight excluding hydrogens is 378 g/mol. The molecule has 4 aromatic rings. The Morgan fingerprint density at radius 1 is 1.17 bits per heavy atom. The number of anilines is 2. The van der Waals surface area contributed by atoms with Crippen LogP contribution in [0, 0.1) is 0 Å². The van der Waals surface area contributed by atoms with Crippen molar-refractivity contribution in [1.82, 2.24) is 9.97 Å². The van der Waals surface area contributed by atoms with Gasteiger partial charge < -0.3 is 14.8 Å². The summed E-state index contributed by atoms with van der Waals surface area (Å²) in [5, 5.41) is 14.4. The summed E-state index contributed by atoms with van der Waals surface area (Å²) >= 11 is 0. The fourth-order valence-corrected chi connectivity index (χ4v) is 3.39. The van der Waals surface area contributed by atoms with Crippen molar-refractivity contribution in [3.8, 4) is 11.6 Å². The lowest BCUT2D eigenvalue weighted by molar-refractivity contribution is 0.0697. The van der Waals surface area contributed by atoms with E-state index < -0.39 is 5.97 Å². The summed E-state index contributed by atoms with van der Waals surface area (Å²) in [5.41, 5.74) is 3.04. The molecule has 0 saturated carbocycles. The molecule has 0 bridgehead atoms. The van der Waals surface area contributed by atoms with E-state index in [-0.39, 0.29) is 5.56 Å². The summed E-state index contributed by atoms with van der Waals surface area (Å²) in [6, 6.07) is 14.5. The summed E-state index contributed by atoms with van der Waals surface area (Å²) in [6.07, 6.45) is 4.83. The number of aromatic carboxylic acids is 1. The minimum atomic E-state index is -0.938. The summed E-state index contributed by atoms with van der Waals surface area (Å²) in [4.78, 5) is 20.6. The van der Waals surface area contributed by atoms with E-state index in [4.69, 9.17) is 9.40 Å². The molecule has 0 aliphatic rings. The molecule has 2 heterocycles. The van der Waals surface area contributed by atoms with Gasteiger partial charge in [-0.3, -0.25) is 0 Å². The van der Waals surface area contributed by atoms with E-state index in [1.807, 2.05) is 36.4 Å². The van der Waals surface area contributed by atoms with Crippen LogP contribution < -0.4 is 5.32 Å². The SMILES string of the molecule is C=CCc1c(CC)nc(-c2ccco2)nc1Nc1ccc2cc(C(=O)O)ccc2c1. The van der Waals surface area contributed by atoms with Crippen molar-refractivity contribution in [2.75, 3.05) is 5.32 Å². The Hall–Kier alpha value is -3.93. The first kappa shape index (κ1) is 19.4. The third-order valence-corrected chi connectivity index (χ3v) is 4.87. The average molecular weight is 399 g/mol. The first-order chi connectivity index (χ1) is 14.6. The Labute approximate surface area is 173 Å². The molecule has 4 rings (SSSR count). The van der Waals surface area contributed by atoms with Crippen molar-refractivity contribution in [1.29, 1.82) is 0 Å². The number of hydrogen-bond donors (Lipinski definition) is 2. The molecule has 0 spiro atoms. The normalized spacial score (nSPS) is 10.8. The van der Waals surface area contributed by atoms with Crippen LogP contribution in [-0.2, 0) is 12.8 Å². The number of carboxylic acid groups (broad SMARTS) is 1. The molecular formula is C24H21N3O3. The topological polar surface area (TPSA) is 88.3 Å². The van der Waals surface area contributed by atoms with E-state index >= 15 is 0 Å². The Bertz CT molecular complexity index is 1230. The fraction of sp³-hybridized carbons (Fsp3) is 0.125. The number of hydrogen-bond acceptors (Lipinski definition) is 5. The number of rotatable bonds is 7. The molecule has 2 N–H and O–H groups in total. The Morgan fingerprint density at radius 3 is 2.67 bits per heavy atom. The first-order valence-electron chi connectivity index (χ1n) is 9.67. The monoisotopic (exact) mass is 399 g/mol. The maximum atomic E-state index is 11.2. The zero-order valence-corrected chi connectivity index (χ0v) is 16.6. The number of carboxylic acids is 1. The van der Waals surface area contributed by atoms with E-state index in [1.165, 1.54) is 0 Å². The van der Waals surface area contributed by atoms with E-state index in [2.05, 4.69) is 23.8 Å². The summed E-state index contributed by atoms with van der Waals surface area (Å²) in [6.45, 7) is 5.92. The van der Waals surface area contributed by atoms with E-state index in [0.29, 0.717) is 23.8 Å². The van der Waals surface area contributed by atoms with Gasteiger partial charge in [0.2, 0.25) is 0 Å². The number of nitrogens with zero attached hydrogens (tertiary/aromatic N) is 2. The second kappa shape index (κ2) is 8.21. The number of fused-ring (bicyclic) bond motifs is 1. The first-order valence-corrected chi connectivity index (χ1v) is 9.67. The van der Waals surface area contributed by atoms with Crippen LogP contribution in [0.25, 0.3) is 22.4 Å². The molecule has 30 heavy (non-hydrogen) atoms. The van der Waals surface area contributed by atoms with Crippen molar-refractivity contribution in [3.63, 3.8) is 0 Å². The molecule has 0 fully saturated rings. The van der Waals surface area contributed by atoms with Gasteiger partial charge in [0.1, 0.15) is 5.82 Å². The van der Waals surface area contributed by atoms with Gasteiger partial charge in [0.15, 0.2) is 11.6 Å². The third kappa shape index (κ3) is 3.80. The molecule has 0 saturated heterocycles. The average Bonchev–Trinajstić information content (AvgIpc) is 3.29. The smallest absolute Gasteiger partial charge is 0.335 e. The highest BCUT2D eigenvalue weighted by Gasteiger charge is 2.15. The van der Waals surface area contributed by atoms with E-state index in [9.17, 15) is 9.90 Å². The molecule has 0 aliphatic carbocycles. The van der Waals surface area contributed by atoms with Crippen molar-refractivity contribution in [2.24, 2.45) is 0 Å². The van der Waals surface area contributed by atoms with Gasteiger partial charge >= 0.3 is 5.97 Å². The standard InChI is InChI=1S/C24H21N3O3/c1-3-6-19-20(4-2)26-23(21-7-5-12-30-21)27-22(19)25-18-11-10-15-13-17(24(28)29)9-8-16(15)14-18/h3,5,7-14H,1,4,6H2,2H3,(H,28,29)(H,25,26,27). The van der Waals surface area contributed by atoms with Gasteiger partial charge in [-0.05, 0) is 60.0 Å². The lowest BCUT2D eigenvalue weighted by Crippen LogP contribution is -2.07. The quantitative estimate of drug-likeness (QED) is 0.392. The number of aromatic nitrogens is 2. The van der Waals surface area contributed by atoms with Gasteiger partial charge in [-0.15, -0.1) is 6.58 Å². The molecule has 0 unspecified atom stereocenters. The molecule has 0 atom stereocenters. The molecule has 150 valence electrons. The molecule has 2 aromatic carbocycles. The zero-order chi connectivity index (χ0) is 21.1. The van der Waals surface area contributed by atoms with Crippen LogP contribution in [0.5, 0.6) is 0 Å². The minimum Gasteiger partial charge on any atom is -0.478 e. The second-order valence-electron chi connectivity index (χ2n) is 6.85. The van der Waals surface area contributed by atoms with Crippen LogP contribution in [0.2, 0.25) is 0 Å².